The summed E-state index contributed by atoms with van der Waals surface area (Å²) in [6.07, 6.45) is 2.79. The lowest BCUT2D eigenvalue weighted by atomic mass is 10.0. The maximum Gasteiger partial charge on any atom is 0.256 e. The number of carbonyl (C=O) groups excluding carboxylic acids is 2. The summed E-state index contributed by atoms with van der Waals surface area (Å²) in [4.78, 5) is 30.1. The van der Waals surface area contributed by atoms with Gasteiger partial charge in [0.05, 0.1) is 29.4 Å². The molecule has 3 aromatic carbocycles. The van der Waals surface area contributed by atoms with Gasteiger partial charge in [-0.3, -0.25) is 9.59 Å². The molecule has 2 N–H and O–H groups in total. The van der Waals surface area contributed by atoms with Crippen molar-refractivity contribution in [3.05, 3.63) is 108 Å². The monoisotopic (exact) mass is 473 g/mol. The Morgan fingerprint density at radius 1 is 0.944 bits per heavy atom. The summed E-state index contributed by atoms with van der Waals surface area (Å²) < 4.78 is 1.83. The van der Waals surface area contributed by atoms with Crippen LogP contribution in [0, 0.1) is 0 Å². The Kier molecular flexibility index (Phi) is 5.50. The van der Waals surface area contributed by atoms with Crippen LogP contribution in [-0.4, -0.2) is 26.6 Å². The van der Waals surface area contributed by atoms with Gasteiger partial charge in [0.15, 0.2) is 5.65 Å². The first-order valence-corrected chi connectivity index (χ1v) is 11.8. The number of rotatable bonds is 5. The number of aryl methyl sites for hydroxylation is 1. The van der Waals surface area contributed by atoms with E-state index in [0.29, 0.717) is 47.4 Å². The summed E-state index contributed by atoms with van der Waals surface area (Å²) in [7, 11) is 0. The molecule has 2 aromatic heterocycles. The number of aromatic nitrogens is 3. The number of hydrogen-bond donors (Lipinski definition) is 2. The van der Waals surface area contributed by atoms with E-state index in [-0.39, 0.29) is 11.8 Å². The van der Waals surface area contributed by atoms with Crippen molar-refractivity contribution in [1.82, 2.24) is 14.8 Å². The van der Waals surface area contributed by atoms with Crippen molar-refractivity contribution in [2.75, 3.05) is 10.6 Å². The molecule has 0 atom stereocenters. The molecule has 2 amide bonds. The predicted octanol–water partition coefficient (Wildman–Crippen LogP) is 5.28. The van der Waals surface area contributed by atoms with Crippen LogP contribution >= 0.6 is 0 Å². The molecule has 0 unspecified atom stereocenters. The van der Waals surface area contributed by atoms with E-state index < -0.39 is 0 Å². The predicted molar refractivity (Wildman–Crippen MR) is 140 cm³/mol. The van der Waals surface area contributed by atoms with Gasteiger partial charge in [-0.05, 0) is 41.8 Å². The molecule has 0 fully saturated rings. The zero-order valence-corrected chi connectivity index (χ0v) is 19.4. The lowest BCUT2D eigenvalue weighted by molar-refractivity contribution is -0.116. The summed E-state index contributed by atoms with van der Waals surface area (Å²) in [5.41, 5.74) is 6.36. The van der Waals surface area contributed by atoms with Gasteiger partial charge in [0.1, 0.15) is 0 Å². The second-order valence-electron chi connectivity index (χ2n) is 8.82. The third-order valence-corrected chi connectivity index (χ3v) is 6.36. The lowest BCUT2D eigenvalue weighted by Crippen LogP contribution is -2.19. The third-order valence-electron chi connectivity index (χ3n) is 6.36. The molecular weight excluding hydrogens is 450 g/mol. The summed E-state index contributed by atoms with van der Waals surface area (Å²) in [5.74, 6) is -0.224. The molecule has 7 nitrogen and oxygen atoms in total. The van der Waals surface area contributed by atoms with E-state index in [1.54, 1.807) is 12.3 Å². The maximum atomic E-state index is 13.6. The molecule has 0 saturated carbocycles. The molecular formula is C29H23N5O2. The first-order valence-electron chi connectivity index (χ1n) is 11.8. The minimum atomic E-state index is -0.237. The highest BCUT2D eigenvalue weighted by Crippen LogP contribution is 2.28. The highest BCUT2D eigenvalue weighted by molar-refractivity contribution is 6.12. The van der Waals surface area contributed by atoms with Gasteiger partial charge in [0.2, 0.25) is 5.91 Å². The van der Waals surface area contributed by atoms with Crippen molar-refractivity contribution in [3.8, 4) is 11.3 Å². The molecule has 3 heterocycles. The number of benzene rings is 3. The SMILES string of the molecule is O=C1CCc2cc(NC(=O)c3cc(-c4ccccc4)nc4c3cnn4Cc3ccccc3)ccc2N1. The first kappa shape index (κ1) is 21.7. The fourth-order valence-corrected chi connectivity index (χ4v) is 4.52. The Labute approximate surface area is 207 Å². The van der Waals surface area contributed by atoms with Crippen molar-refractivity contribution in [2.24, 2.45) is 0 Å². The normalized spacial score (nSPS) is 12.7. The van der Waals surface area contributed by atoms with Gasteiger partial charge in [-0.1, -0.05) is 60.7 Å². The number of fused-ring (bicyclic) bond motifs is 2. The average molecular weight is 474 g/mol. The van der Waals surface area contributed by atoms with Crippen molar-refractivity contribution in [1.29, 1.82) is 0 Å². The van der Waals surface area contributed by atoms with Crippen LogP contribution in [0.2, 0.25) is 0 Å². The van der Waals surface area contributed by atoms with Gasteiger partial charge in [-0.25, -0.2) is 9.67 Å². The number of hydrogen-bond acceptors (Lipinski definition) is 4. The van der Waals surface area contributed by atoms with E-state index in [1.807, 2.05) is 83.5 Å². The highest BCUT2D eigenvalue weighted by atomic mass is 16.2. The minimum absolute atomic E-state index is 0.0134. The molecule has 1 aliphatic rings. The molecule has 36 heavy (non-hydrogen) atoms. The van der Waals surface area contributed by atoms with Gasteiger partial charge < -0.3 is 10.6 Å². The largest absolute Gasteiger partial charge is 0.326 e. The minimum Gasteiger partial charge on any atom is -0.326 e. The molecule has 0 aliphatic carbocycles. The smallest absolute Gasteiger partial charge is 0.256 e. The Morgan fingerprint density at radius 3 is 2.53 bits per heavy atom. The van der Waals surface area contributed by atoms with Crippen LogP contribution in [0.1, 0.15) is 27.9 Å². The molecule has 0 radical (unpaired) electrons. The van der Waals surface area contributed by atoms with E-state index in [4.69, 9.17) is 4.98 Å². The number of anilines is 2. The zero-order chi connectivity index (χ0) is 24.5. The first-order chi connectivity index (χ1) is 17.6. The molecule has 5 aromatic rings. The van der Waals surface area contributed by atoms with E-state index in [9.17, 15) is 9.59 Å². The van der Waals surface area contributed by atoms with Crippen molar-refractivity contribution in [3.63, 3.8) is 0 Å². The third kappa shape index (κ3) is 4.22. The van der Waals surface area contributed by atoms with Crippen LogP contribution in [0.15, 0.2) is 91.1 Å². The Morgan fingerprint density at radius 2 is 1.72 bits per heavy atom. The molecule has 0 bridgehead atoms. The van der Waals surface area contributed by atoms with Gasteiger partial charge >= 0.3 is 0 Å². The Bertz CT molecular complexity index is 1590. The standard InChI is InChI=1S/C29H23N5O2/c35-27-14-11-21-15-22(12-13-25(21)32-27)31-29(36)23-16-26(20-9-5-2-6-10-20)33-28-24(23)17-30-34(28)18-19-7-3-1-4-8-19/h1-10,12-13,15-17H,11,14,18H2,(H,31,36)(H,32,35). The summed E-state index contributed by atoms with van der Waals surface area (Å²) in [5, 5.41) is 11.2. The second-order valence-corrected chi connectivity index (χ2v) is 8.82. The molecule has 176 valence electrons. The molecule has 6 rings (SSSR count). The quantitative estimate of drug-likeness (QED) is 0.363. The molecule has 7 heteroatoms. The molecule has 0 spiro atoms. The number of nitrogens with zero attached hydrogens (tertiary/aromatic N) is 3. The van der Waals surface area contributed by atoms with Crippen molar-refractivity contribution >= 4 is 34.2 Å². The van der Waals surface area contributed by atoms with E-state index in [2.05, 4.69) is 15.7 Å². The van der Waals surface area contributed by atoms with E-state index in [0.717, 1.165) is 22.4 Å². The molecule has 0 saturated heterocycles. The summed E-state index contributed by atoms with van der Waals surface area (Å²) >= 11 is 0. The zero-order valence-electron chi connectivity index (χ0n) is 19.4. The van der Waals surface area contributed by atoms with Crippen LogP contribution in [0.25, 0.3) is 22.3 Å². The van der Waals surface area contributed by atoms with Crippen LogP contribution < -0.4 is 10.6 Å². The van der Waals surface area contributed by atoms with Crippen LogP contribution in [-0.2, 0) is 17.8 Å². The van der Waals surface area contributed by atoms with E-state index >= 15 is 0 Å². The van der Waals surface area contributed by atoms with Gasteiger partial charge in [0.25, 0.3) is 5.91 Å². The lowest BCUT2D eigenvalue weighted by Gasteiger charge is -2.18. The number of nitrogens with one attached hydrogen (secondary N) is 2. The van der Waals surface area contributed by atoms with Gasteiger partial charge in [0, 0.05) is 23.4 Å². The average Bonchev–Trinajstić information content (AvgIpc) is 3.31. The van der Waals surface area contributed by atoms with Crippen molar-refractivity contribution in [2.45, 2.75) is 19.4 Å². The topological polar surface area (TPSA) is 88.9 Å². The highest BCUT2D eigenvalue weighted by Gasteiger charge is 2.19. The Hall–Kier alpha value is -4.78. The van der Waals surface area contributed by atoms with Gasteiger partial charge in [-0.15, -0.1) is 0 Å². The van der Waals surface area contributed by atoms with Crippen LogP contribution in [0.4, 0.5) is 11.4 Å². The van der Waals surface area contributed by atoms with Gasteiger partial charge in [-0.2, -0.15) is 5.10 Å². The maximum absolute atomic E-state index is 13.6. The van der Waals surface area contributed by atoms with Crippen LogP contribution in [0.3, 0.4) is 0 Å². The fourth-order valence-electron chi connectivity index (χ4n) is 4.52. The second kappa shape index (κ2) is 9.11. The summed E-state index contributed by atoms with van der Waals surface area (Å²) in [6, 6.07) is 27.2. The number of carbonyl (C=O) groups is 2. The molecule has 1 aliphatic heterocycles. The number of pyridine rings is 1. The Balaban J connectivity index is 1.40. The van der Waals surface area contributed by atoms with Crippen molar-refractivity contribution < 1.29 is 9.59 Å². The fraction of sp³-hybridized carbons (Fsp3) is 0.103. The van der Waals surface area contributed by atoms with Crippen LogP contribution in [0.5, 0.6) is 0 Å². The van der Waals surface area contributed by atoms with E-state index in [1.165, 1.54) is 0 Å². The number of amides is 2. The summed E-state index contributed by atoms with van der Waals surface area (Å²) in [6.45, 7) is 0.549.